The van der Waals surface area contributed by atoms with Gasteiger partial charge in [0.2, 0.25) is 0 Å². The molecule has 0 heterocycles. The zero-order valence-electron chi connectivity index (χ0n) is 12.0. The maximum absolute atomic E-state index is 4.99. The van der Waals surface area contributed by atoms with Crippen molar-refractivity contribution in [1.29, 1.82) is 0 Å². The quantitative estimate of drug-likeness (QED) is 0.668. The van der Waals surface area contributed by atoms with E-state index < -0.39 is 0 Å². The fourth-order valence-electron chi connectivity index (χ4n) is 1.91. The minimum Gasteiger partial charge on any atom is -0.383 e. The summed E-state index contributed by atoms with van der Waals surface area (Å²) in [5, 5.41) is 3.37. The molecule has 1 N–H and O–H groups in total. The van der Waals surface area contributed by atoms with Gasteiger partial charge in [-0.25, -0.2) is 0 Å². The Morgan fingerprint density at radius 1 is 1.16 bits per heavy atom. The van der Waals surface area contributed by atoms with Gasteiger partial charge in [0.05, 0.1) is 6.61 Å². The van der Waals surface area contributed by atoms with Gasteiger partial charge in [-0.1, -0.05) is 28.1 Å². The Labute approximate surface area is 125 Å². The summed E-state index contributed by atoms with van der Waals surface area (Å²) in [5.74, 6) is 0. The Morgan fingerprint density at radius 3 is 2.58 bits per heavy atom. The molecule has 0 amide bonds. The molecule has 0 fully saturated rings. The van der Waals surface area contributed by atoms with Crippen LogP contribution in [0.4, 0.5) is 0 Å². The highest BCUT2D eigenvalue weighted by atomic mass is 79.9. The minimum atomic E-state index is 0.795. The van der Waals surface area contributed by atoms with Gasteiger partial charge in [-0.3, -0.25) is 0 Å². The van der Waals surface area contributed by atoms with Gasteiger partial charge < -0.3 is 15.0 Å². The van der Waals surface area contributed by atoms with Crippen molar-refractivity contribution in [3.05, 3.63) is 34.3 Å². The maximum atomic E-state index is 4.99. The lowest BCUT2D eigenvalue weighted by molar-refractivity contribution is 0.199. The van der Waals surface area contributed by atoms with Gasteiger partial charge in [0, 0.05) is 24.7 Å². The molecule has 4 heteroatoms. The van der Waals surface area contributed by atoms with Gasteiger partial charge in [-0.2, -0.15) is 0 Å². The lowest BCUT2D eigenvalue weighted by Crippen LogP contribution is -2.23. The zero-order valence-corrected chi connectivity index (χ0v) is 13.6. The van der Waals surface area contributed by atoms with Crippen molar-refractivity contribution in [3.8, 4) is 0 Å². The maximum Gasteiger partial charge on any atom is 0.0587 e. The Hall–Kier alpha value is -0.420. The van der Waals surface area contributed by atoms with E-state index in [4.69, 9.17) is 4.74 Å². The molecule has 1 rings (SSSR count). The van der Waals surface area contributed by atoms with Crippen molar-refractivity contribution in [2.24, 2.45) is 0 Å². The lowest BCUT2D eigenvalue weighted by Gasteiger charge is -2.16. The Balaban J connectivity index is 2.04. The van der Waals surface area contributed by atoms with Crippen molar-refractivity contribution < 1.29 is 4.74 Å². The average molecular weight is 329 g/mol. The molecule has 0 atom stereocenters. The average Bonchev–Trinajstić information content (AvgIpc) is 2.40. The van der Waals surface area contributed by atoms with Crippen LogP contribution in [0.3, 0.4) is 0 Å². The Kier molecular flexibility index (Phi) is 9.08. The van der Waals surface area contributed by atoms with Crippen molar-refractivity contribution in [3.63, 3.8) is 0 Å². The minimum absolute atomic E-state index is 0.795. The van der Waals surface area contributed by atoms with E-state index >= 15 is 0 Å². The molecular formula is C15H25BrN2O. The molecule has 1 aromatic carbocycles. The van der Waals surface area contributed by atoms with E-state index in [0.29, 0.717) is 0 Å². The number of ether oxygens (including phenoxy) is 1. The van der Waals surface area contributed by atoms with E-state index in [2.05, 4.69) is 57.5 Å². The van der Waals surface area contributed by atoms with Crippen LogP contribution < -0.4 is 5.32 Å². The molecule has 0 bridgehead atoms. The van der Waals surface area contributed by atoms with E-state index in [1.807, 2.05) is 0 Å². The van der Waals surface area contributed by atoms with Crippen LogP contribution in [0.5, 0.6) is 0 Å². The van der Waals surface area contributed by atoms with E-state index in [1.165, 1.54) is 18.4 Å². The van der Waals surface area contributed by atoms with Crippen LogP contribution in [-0.4, -0.2) is 45.3 Å². The first-order chi connectivity index (χ1) is 9.22. The second kappa shape index (κ2) is 10.4. The van der Waals surface area contributed by atoms with Crippen molar-refractivity contribution in [2.75, 3.05) is 40.4 Å². The van der Waals surface area contributed by atoms with Crippen LogP contribution >= 0.6 is 15.9 Å². The molecule has 0 unspecified atom stereocenters. The van der Waals surface area contributed by atoms with E-state index in [9.17, 15) is 0 Å². The number of methoxy groups -OCH3 is 1. The first-order valence-corrected chi connectivity index (χ1v) is 7.64. The number of halogens is 1. The topological polar surface area (TPSA) is 24.5 Å². The van der Waals surface area contributed by atoms with Gasteiger partial charge in [-0.15, -0.1) is 0 Å². The highest BCUT2D eigenvalue weighted by Gasteiger charge is 2.00. The largest absolute Gasteiger partial charge is 0.383 e. The molecule has 0 aromatic heterocycles. The molecule has 0 saturated heterocycles. The number of hydrogen-bond donors (Lipinski definition) is 1. The molecule has 0 aliphatic rings. The third-order valence-corrected chi connectivity index (χ3v) is 3.52. The molecule has 108 valence electrons. The number of benzene rings is 1. The standard InChI is InChI=1S/C15H25BrN2O/c1-18(11-4-3-9-17-10-12-19-2)13-14-5-7-15(16)8-6-14/h5-8,17H,3-4,9-13H2,1-2H3. The zero-order chi connectivity index (χ0) is 13.9. The number of nitrogens with zero attached hydrogens (tertiary/aromatic N) is 1. The highest BCUT2D eigenvalue weighted by molar-refractivity contribution is 9.10. The molecule has 19 heavy (non-hydrogen) atoms. The SMILES string of the molecule is COCCNCCCCN(C)Cc1ccc(Br)cc1. The second-order valence-electron chi connectivity index (χ2n) is 4.81. The van der Waals surface area contributed by atoms with Crippen LogP contribution in [0.25, 0.3) is 0 Å². The summed E-state index contributed by atoms with van der Waals surface area (Å²) in [6.07, 6.45) is 2.45. The summed E-state index contributed by atoms with van der Waals surface area (Å²) in [5.41, 5.74) is 1.36. The number of hydrogen-bond acceptors (Lipinski definition) is 3. The number of nitrogens with one attached hydrogen (secondary N) is 1. The summed E-state index contributed by atoms with van der Waals surface area (Å²) in [6.45, 7) is 4.98. The van der Waals surface area contributed by atoms with Gasteiger partial charge in [0.1, 0.15) is 0 Å². The van der Waals surface area contributed by atoms with Crippen LogP contribution in [0.2, 0.25) is 0 Å². The fourth-order valence-corrected chi connectivity index (χ4v) is 2.18. The molecule has 0 aliphatic carbocycles. The summed E-state index contributed by atoms with van der Waals surface area (Å²) in [7, 11) is 3.92. The van der Waals surface area contributed by atoms with Crippen molar-refractivity contribution >= 4 is 15.9 Å². The summed E-state index contributed by atoms with van der Waals surface area (Å²) >= 11 is 3.46. The Bertz CT molecular complexity index is 329. The molecular weight excluding hydrogens is 304 g/mol. The normalized spacial score (nSPS) is 11.2. The van der Waals surface area contributed by atoms with Crippen LogP contribution in [0, 0.1) is 0 Å². The van der Waals surface area contributed by atoms with Crippen LogP contribution in [0.15, 0.2) is 28.7 Å². The first kappa shape index (κ1) is 16.6. The van der Waals surface area contributed by atoms with E-state index in [-0.39, 0.29) is 0 Å². The molecule has 0 spiro atoms. The molecule has 0 aliphatic heterocycles. The first-order valence-electron chi connectivity index (χ1n) is 6.85. The molecule has 0 saturated carbocycles. The molecule has 0 radical (unpaired) electrons. The van der Waals surface area contributed by atoms with Crippen LogP contribution in [0.1, 0.15) is 18.4 Å². The van der Waals surface area contributed by atoms with E-state index in [1.54, 1.807) is 7.11 Å². The van der Waals surface area contributed by atoms with E-state index in [0.717, 1.165) is 37.3 Å². The predicted molar refractivity (Wildman–Crippen MR) is 84.5 cm³/mol. The van der Waals surface area contributed by atoms with Gasteiger partial charge in [0.25, 0.3) is 0 Å². The van der Waals surface area contributed by atoms with Gasteiger partial charge in [0.15, 0.2) is 0 Å². The lowest BCUT2D eigenvalue weighted by atomic mass is 10.2. The third kappa shape index (κ3) is 8.37. The summed E-state index contributed by atoms with van der Waals surface area (Å²) in [6, 6.07) is 8.55. The molecule has 3 nitrogen and oxygen atoms in total. The number of unbranched alkanes of at least 4 members (excludes halogenated alkanes) is 1. The highest BCUT2D eigenvalue weighted by Crippen LogP contribution is 2.11. The Morgan fingerprint density at radius 2 is 1.89 bits per heavy atom. The smallest absolute Gasteiger partial charge is 0.0587 e. The monoisotopic (exact) mass is 328 g/mol. The number of rotatable bonds is 10. The van der Waals surface area contributed by atoms with Gasteiger partial charge in [-0.05, 0) is 50.7 Å². The second-order valence-corrected chi connectivity index (χ2v) is 5.73. The molecule has 1 aromatic rings. The predicted octanol–water partition coefficient (Wildman–Crippen LogP) is 2.90. The summed E-state index contributed by atoms with van der Waals surface area (Å²) in [4.78, 5) is 2.37. The third-order valence-electron chi connectivity index (χ3n) is 2.99. The van der Waals surface area contributed by atoms with Gasteiger partial charge >= 0.3 is 0 Å². The fraction of sp³-hybridized carbons (Fsp3) is 0.600. The summed E-state index contributed by atoms with van der Waals surface area (Å²) < 4.78 is 6.13. The van der Waals surface area contributed by atoms with Crippen LogP contribution in [-0.2, 0) is 11.3 Å². The van der Waals surface area contributed by atoms with Crippen molar-refractivity contribution in [1.82, 2.24) is 10.2 Å². The van der Waals surface area contributed by atoms with Crippen molar-refractivity contribution in [2.45, 2.75) is 19.4 Å².